The van der Waals surface area contributed by atoms with Crippen molar-refractivity contribution in [3.8, 4) is 10.6 Å². The third-order valence-corrected chi connectivity index (χ3v) is 4.60. The lowest BCUT2D eigenvalue weighted by atomic mass is 10.2. The van der Waals surface area contributed by atoms with Crippen LogP contribution in [0.3, 0.4) is 0 Å². The molecule has 2 aromatic rings. The Bertz CT molecular complexity index is 590. The van der Waals surface area contributed by atoms with Crippen molar-refractivity contribution in [2.45, 2.75) is 38.6 Å². The van der Waals surface area contributed by atoms with Gasteiger partial charge in [0.05, 0.1) is 5.69 Å². The quantitative estimate of drug-likeness (QED) is 0.801. The number of hydrogen-bond acceptors (Lipinski definition) is 3. The first-order chi connectivity index (χ1) is 9.78. The maximum Gasteiger partial charge on any atom is 0.124 e. The lowest BCUT2D eigenvalue weighted by Gasteiger charge is -2.01. The molecule has 0 radical (unpaired) electrons. The number of rotatable bonds is 6. The fourth-order valence-electron chi connectivity index (χ4n) is 2.29. The van der Waals surface area contributed by atoms with Crippen LogP contribution >= 0.6 is 11.3 Å². The van der Waals surface area contributed by atoms with Crippen molar-refractivity contribution in [1.82, 2.24) is 10.3 Å². The smallest absolute Gasteiger partial charge is 0.124 e. The van der Waals surface area contributed by atoms with Crippen molar-refractivity contribution in [3.05, 3.63) is 40.7 Å². The topological polar surface area (TPSA) is 24.9 Å². The highest BCUT2D eigenvalue weighted by molar-refractivity contribution is 7.15. The molecule has 0 saturated heterocycles. The molecule has 1 aromatic carbocycles. The highest BCUT2D eigenvalue weighted by Crippen LogP contribution is 2.44. The molecule has 0 bridgehead atoms. The summed E-state index contributed by atoms with van der Waals surface area (Å²) in [7, 11) is 0. The van der Waals surface area contributed by atoms with Crippen LogP contribution in [0, 0.1) is 5.82 Å². The van der Waals surface area contributed by atoms with Crippen LogP contribution in [0.5, 0.6) is 0 Å². The monoisotopic (exact) mass is 290 g/mol. The second kappa shape index (κ2) is 6.02. The normalized spacial score (nSPS) is 14.7. The van der Waals surface area contributed by atoms with Crippen LogP contribution in [0.2, 0.25) is 0 Å². The Balaban J connectivity index is 1.86. The maximum atomic E-state index is 13.3. The Labute approximate surface area is 123 Å². The van der Waals surface area contributed by atoms with Crippen molar-refractivity contribution in [2.24, 2.45) is 0 Å². The van der Waals surface area contributed by atoms with E-state index in [-0.39, 0.29) is 5.82 Å². The van der Waals surface area contributed by atoms with Crippen LogP contribution < -0.4 is 5.32 Å². The predicted molar refractivity (Wildman–Crippen MR) is 81.5 cm³/mol. The number of halogens is 1. The highest BCUT2D eigenvalue weighted by atomic mass is 32.1. The summed E-state index contributed by atoms with van der Waals surface area (Å²) in [6.45, 7) is 4.07. The molecule has 106 valence electrons. The molecule has 1 heterocycles. The maximum absolute atomic E-state index is 13.3. The fraction of sp³-hybridized carbons (Fsp3) is 0.438. The molecule has 3 rings (SSSR count). The standard InChI is InChI=1S/C16H19FN2S/c1-2-8-18-10-14-15(11-6-7-11)19-16(20-14)12-4-3-5-13(17)9-12/h3-5,9,11,18H,2,6-8,10H2,1H3. The van der Waals surface area contributed by atoms with Gasteiger partial charge in [-0.15, -0.1) is 11.3 Å². The molecule has 0 atom stereocenters. The third-order valence-electron chi connectivity index (χ3n) is 3.48. The summed E-state index contributed by atoms with van der Waals surface area (Å²) in [6, 6.07) is 6.72. The van der Waals surface area contributed by atoms with Gasteiger partial charge in [0.15, 0.2) is 0 Å². The van der Waals surface area contributed by atoms with Gasteiger partial charge in [-0.05, 0) is 37.9 Å². The molecule has 1 aliphatic rings. The first-order valence-electron chi connectivity index (χ1n) is 7.24. The van der Waals surface area contributed by atoms with Gasteiger partial charge < -0.3 is 5.32 Å². The summed E-state index contributed by atoms with van der Waals surface area (Å²) in [5.74, 6) is 0.434. The molecule has 1 fully saturated rings. The minimum absolute atomic E-state index is 0.198. The predicted octanol–water partition coefficient (Wildman–Crippen LogP) is 4.33. The molecule has 0 aliphatic heterocycles. The SMILES string of the molecule is CCCNCc1sc(-c2cccc(F)c2)nc1C1CC1. The lowest BCUT2D eigenvalue weighted by Crippen LogP contribution is -2.13. The number of nitrogens with one attached hydrogen (secondary N) is 1. The van der Waals surface area contributed by atoms with Crippen molar-refractivity contribution in [1.29, 1.82) is 0 Å². The van der Waals surface area contributed by atoms with E-state index in [1.807, 2.05) is 6.07 Å². The molecule has 2 nitrogen and oxygen atoms in total. The minimum Gasteiger partial charge on any atom is -0.312 e. The molecular weight excluding hydrogens is 271 g/mol. The number of aromatic nitrogens is 1. The van der Waals surface area contributed by atoms with Crippen LogP contribution in [0.4, 0.5) is 4.39 Å². The lowest BCUT2D eigenvalue weighted by molar-refractivity contribution is 0.628. The average molecular weight is 290 g/mol. The molecular formula is C16H19FN2S. The van der Waals surface area contributed by atoms with E-state index in [4.69, 9.17) is 4.98 Å². The summed E-state index contributed by atoms with van der Waals surface area (Å²) in [4.78, 5) is 6.09. The van der Waals surface area contributed by atoms with Crippen LogP contribution in [0.15, 0.2) is 24.3 Å². The number of thiazole rings is 1. The van der Waals surface area contributed by atoms with Gasteiger partial charge in [-0.2, -0.15) is 0 Å². The summed E-state index contributed by atoms with van der Waals surface area (Å²) in [5.41, 5.74) is 2.12. The van der Waals surface area contributed by atoms with E-state index < -0.39 is 0 Å². The molecule has 0 spiro atoms. The first-order valence-corrected chi connectivity index (χ1v) is 8.06. The van der Waals surface area contributed by atoms with Gasteiger partial charge in [0, 0.05) is 22.9 Å². The Kier molecular flexibility index (Phi) is 4.13. The van der Waals surface area contributed by atoms with Gasteiger partial charge in [0.1, 0.15) is 10.8 Å². The van der Waals surface area contributed by atoms with E-state index in [9.17, 15) is 4.39 Å². The van der Waals surface area contributed by atoms with Gasteiger partial charge >= 0.3 is 0 Å². The van der Waals surface area contributed by atoms with Gasteiger partial charge in [-0.3, -0.25) is 0 Å². The molecule has 1 saturated carbocycles. The minimum atomic E-state index is -0.198. The zero-order valence-electron chi connectivity index (χ0n) is 11.7. The Morgan fingerprint density at radius 1 is 1.40 bits per heavy atom. The molecule has 0 unspecified atom stereocenters. The molecule has 4 heteroatoms. The molecule has 1 aliphatic carbocycles. The Morgan fingerprint density at radius 3 is 2.95 bits per heavy atom. The molecule has 1 aromatic heterocycles. The summed E-state index contributed by atoms with van der Waals surface area (Å²) >= 11 is 1.70. The van der Waals surface area contributed by atoms with Gasteiger partial charge in [-0.1, -0.05) is 19.1 Å². The molecule has 1 N–H and O–H groups in total. The van der Waals surface area contributed by atoms with Gasteiger partial charge in [0.25, 0.3) is 0 Å². The van der Waals surface area contributed by atoms with Gasteiger partial charge in [-0.25, -0.2) is 9.37 Å². The van der Waals surface area contributed by atoms with Crippen molar-refractivity contribution in [3.63, 3.8) is 0 Å². The number of benzene rings is 1. The molecule has 0 amide bonds. The van der Waals surface area contributed by atoms with E-state index in [1.165, 1.54) is 29.5 Å². The number of nitrogens with zero attached hydrogens (tertiary/aromatic N) is 1. The second-order valence-corrected chi connectivity index (χ2v) is 6.37. The van der Waals surface area contributed by atoms with Crippen LogP contribution in [0.25, 0.3) is 10.6 Å². The zero-order chi connectivity index (χ0) is 13.9. The third kappa shape index (κ3) is 3.07. The highest BCUT2D eigenvalue weighted by Gasteiger charge is 2.29. The van der Waals surface area contributed by atoms with E-state index in [2.05, 4.69) is 12.2 Å². The second-order valence-electron chi connectivity index (χ2n) is 5.29. The summed E-state index contributed by atoms with van der Waals surface area (Å²) in [5, 5.41) is 4.39. The van der Waals surface area contributed by atoms with Crippen molar-refractivity contribution >= 4 is 11.3 Å². The van der Waals surface area contributed by atoms with E-state index in [1.54, 1.807) is 23.5 Å². The number of hydrogen-bond donors (Lipinski definition) is 1. The average Bonchev–Trinajstić information content (AvgIpc) is 3.20. The van der Waals surface area contributed by atoms with Crippen LogP contribution in [-0.2, 0) is 6.54 Å². The van der Waals surface area contributed by atoms with E-state index >= 15 is 0 Å². The van der Waals surface area contributed by atoms with Crippen LogP contribution in [0.1, 0.15) is 42.7 Å². The van der Waals surface area contributed by atoms with Crippen molar-refractivity contribution < 1.29 is 4.39 Å². The fourth-order valence-corrected chi connectivity index (χ4v) is 3.40. The Hall–Kier alpha value is -1.26. The largest absolute Gasteiger partial charge is 0.312 e. The van der Waals surface area contributed by atoms with Gasteiger partial charge in [0.2, 0.25) is 0 Å². The summed E-state index contributed by atoms with van der Waals surface area (Å²) in [6.07, 6.45) is 3.62. The first kappa shape index (κ1) is 13.7. The van der Waals surface area contributed by atoms with E-state index in [0.717, 1.165) is 30.1 Å². The van der Waals surface area contributed by atoms with Crippen LogP contribution in [-0.4, -0.2) is 11.5 Å². The Morgan fingerprint density at radius 2 is 2.25 bits per heavy atom. The van der Waals surface area contributed by atoms with E-state index in [0.29, 0.717) is 5.92 Å². The van der Waals surface area contributed by atoms with Crippen molar-refractivity contribution in [2.75, 3.05) is 6.54 Å². The summed E-state index contributed by atoms with van der Waals surface area (Å²) < 4.78 is 13.3. The zero-order valence-corrected chi connectivity index (χ0v) is 12.5. The molecule has 20 heavy (non-hydrogen) atoms.